The van der Waals surface area contributed by atoms with Crippen LogP contribution in [-0.4, -0.2) is 25.4 Å². The Balaban J connectivity index is 2.72. The molecule has 0 heterocycles. The number of benzene rings is 1. The SMILES string of the molecule is C=C/C=C(\C=C/C)CNC(CC(=O)OC(CCC)c1ccc(F)cc1)NN=C. The predicted octanol–water partition coefficient (Wildman–Crippen LogP) is 4.41. The first-order valence-electron chi connectivity index (χ1n) is 9.37. The number of nitrogens with one attached hydrogen (secondary N) is 2. The predicted molar refractivity (Wildman–Crippen MR) is 112 cm³/mol. The lowest BCUT2D eigenvalue weighted by molar-refractivity contribution is -0.150. The normalized spacial score (nSPS) is 13.8. The molecule has 0 aromatic heterocycles. The van der Waals surface area contributed by atoms with Crippen molar-refractivity contribution in [2.24, 2.45) is 5.10 Å². The summed E-state index contributed by atoms with van der Waals surface area (Å²) in [7, 11) is 0. The first-order valence-corrected chi connectivity index (χ1v) is 9.37. The molecule has 0 aliphatic rings. The Morgan fingerprint density at radius 1 is 1.36 bits per heavy atom. The molecular weight excluding hydrogens is 357 g/mol. The second-order valence-corrected chi connectivity index (χ2v) is 6.22. The number of carbonyl (C=O) groups excluding carboxylic acids is 1. The van der Waals surface area contributed by atoms with Crippen LogP contribution in [0, 0.1) is 5.82 Å². The van der Waals surface area contributed by atoms with Crippen molar-refractivity contribution in [3.63, 3.8) is 0 Å². The lowest BCUT2D eigenvalue weighted by Crippen LogP contribution is -2.42. The van der Waals surface area contributed by atoms with Crippen LogP contribution in [0.1, 0.15) is 44.8 Å². The molecule has 2 N–H and O–H groups in total. The number of hydrogen-bond acceptors (Lipinski definition) is 5. The van der Waals surface area contributed by atoms with Crippen molar-refractivity contribution in [1.82, 2.24) is 10.7 Å². The van der Waals surface area contributed by atoms with Crippen molar-refractivity contribution in [2.75, 3.05) is 6.54 Å². The summed E-state index contributed by atoms with van der Waals surface area (Å²) in [5.41, 5.74) is 4.57. The van der Waals surface area contributed by atoms with Gasteiger partial charge < -0.3 is 4.74 Å². The maximum atomic E-state index is 13.2. The van der Waals surface area contributed by atoms with Crippen LogP contribution in [-0.2, 0) is 9.53 Å². The third kappa shape index (κ3) is 8.77. The Morgan fingerprint density at radius 2 is 2.07 bits per heavy atom. The van der Waals surface area contributed by atoms with Gasteiger partial charge >= 0.3 is 5.97 Å². The van der Waals surface area contributed by atoms with Crippen molar-refractivity contribution in [1.29, 1.82) is 0 Å². The van der Waals surface area contributed by atoms with Crippen LogP contribution in [0.2, 0.25) is 0 Å². The summed E-state index contributed by atoms with van der Waals surface area (Å²) in [6.07, 6.45) is 8.20. The van der Waals surface area contributed by atoms with Gasteiger partial charge in [-0.15, -0.1) is 0 Å². The molecule has 0 saturated carbocycles. The molecule has 1 aromatic carbocycles. The van der Waals surface area contributed by atoms with Gasteiger partial charge in [0.2, 0.25) is 0 Å². The van der Waals surface area contributed by atoms with Gasteiger partial charge in [-0.3, -0.25) is 15.5 Å². The average Bonchev–Trinajstić information content (AvgIpc) is 2.67. The summed E-state index contributed by atoms with van der Waals surface area (Å²) in [5, 5.41) is 6.88. The number of carbonyl (C=O) groups is 1. The maximum absolute atomic E-state index is 13.2. The topological polar surface area (TPSA) is 62.7 Å². The van der Waals surface area contributed by atoms with E-state index in [0.717, 1.165) is 17.6 Å². The zero-order valence-electron chi connectivity index (χ0n) is 16.7. The number of hydrazone groups is 1. The zero-order valence-corrected chi connectivity index (χ0v) is 16.7. The van der Waals surface area contributed by atoms with Crippen LogP contribution in [0.25, 0.3) is 0 Å². The maximum Gasteiger partial charge on any atom is 0.309 e. The molecule has 0 radical (unpaired) electrons. The smallest absolute Gasteiger partial charge is 0.309 e. The van der Waals surface area contributed by atoms with E-state index in [-0.39, 0.29) is 18.2 Å². The summed E-state index contributed by atoms with van der Waals surface area (Å²) < 4.78 is 18.8. The Morgan fingerprint density at radius 3 is 2.64 bits per heavy atom. The fourth-order valence-corrected chi connectivity index (χ4v) is 2.66. The molecule has 0 aliphatic heterocycles. The van der Waals surface area contributed by atoms with Gasteiger partial charge in [-0.05, 0) is 36.6 Å². The molecule has 5 nitrogen and oxygen atoms in total. The number of hydrogen-bond donors (Lipinski definition) is 2. The van der Waals surface area contributed by atoms with E-state index >= 15 is 0 Å². The second-order valence-electron chi connectivity index (χ2n) is 6.22. The largest absolute Gasteiger partial charge is 0.457 e. The molecule has 1 aromatic rings. The van der Waals surface area contributed by atoms with Gasteiger partial charge in [-0.2, -0.15) is 5.10 Å². The van der Waals surface area contributed by atoms with Crippen LogP contribution in [0.4, 0.5) is 4.39 Å². The average molecular weight is 387 g/mol. The molecule has 6 heteroatoms. The molecule has 28 heavy (non-hydrogen) atoms. The third-order valence-electron chi connectivity index (χ3n) is 3.95. The lowest BCUT2D eigenvalue weighted by Gasteiger charge is -2.21. The Hall–Kier alpha value is -2.73. The summed E-state index contributed by atoms with van der Waals surface area (Å²) in [5.74, 6) is -0.697. The Bertz CT molecular complexity index is 684. The van der Waals surface area contributed by atoms with E-state index in [1.165, 1.54) is 12.1 Å². The molecule has 152 valence electrons. The molecule has 0 aliphatic carbocycles. The first-order chi connectivity index (χ1) is 13.5. The minimum atomic E-state index is -0.432. The van der Waals surface area contributed by atoms with Crippen LogP contribution in [0.5, 0.6) is 0 Å². The quantitative estimate of drug-likeness (QED) is 0.173. The number of ether oxygens (including phenoxy) is 1. The van der Waals surface area contributed by atoms with E-state index in [2.05, 4.69) is 29.1 Å². The number of halogens is 1. The number of rotatable bonds is 13. The molecule has 0 amide bonds. The van der Waals surface area contributed by atoms with Crippen LogP contribution < -0.4 is 10.7 Å². The molecule has 2 atom stereocenters. The van der Waals surface area contributed by atoms with E-state index in [9.17, 15) is 9.18 Å². The minimum Gasteiger partial charge on any atom is -0.457 e. The summed E-state index contributed by atoms with van der Waals surface area (Å²) in [6.45, 7) is 11.6. The highest BCUT2D eigenvalue weighted by molar-refractivity contribution is 5.70. The molecular formula is C22H30FN3O2. The second kappa shape index (κ2) is 13.4. The zero-order chi connectivity index (χ0) is 20.8. The highest BCUT2D eigenvalue weighted by atomic mass is 19.1. The minimum absolute atomic E-state index is 0.0671. The fraction of sp³-hybridized carbons (Fsp3) is 0.364. The van der Waals surface area contributed by atoms with Gasteiger partial charge in [0.15, 0.2) is 0 Å². The van der Waals surface area contributed by atoms with E-state index in [0.29, 0.717) is 13.0 Å². The number of esters is 1. The fourth-order valence-electron chi connectivity index (χ4n) is 2.66. The van der Waals surface area contributed by atoms with Crippen molar-refractivity contribution in [2.45, 2.75) is 45.4 Å². The number of nitrogens with zero attached hydrogens (tertiary/aromatic N) is 1. The molecule has 0 fully saturated rings. The molecule has 0 bridgehead atoms. The van der Waals surface area contributed by atoms with Gasteiger partial charge in [-0.1, -0.05) is 56.4 Å². The van der Waals surface area contributed by atoms with Gasteiger partial charge in [0, 0.05) is 13.3 Å². The molecule has 2 unspecified atom stereocenters. The third-order valence-corrected chi connectivity index (χ3v) is 3.95. The number of allylic oxidation sites excluding steroid dienone is 3. The Kier molecular flexibility index (Phi) is 11.2. The van der Waals surface area contributed by atoms with Gasteiger partial charge in [0.05, 0.1) is 6.42 Å². The standard InChI is InChI=1S/C22H30FN3O2/c1-5-8-17(9-6-2)16-25-21(26-24-4)15-22(27)28-20(10-7-3)18-11-13-19(23)14-12-18/h5-6,8-9,11-14,20-21,25-26H,1,4,7,10,15-16H2,2-3H3/b9-6-,17-8+. The van der Waals surface area contributed by atoms with Gasteiger partial charge in [0.25, 0.3) is 0 Å². The van der Waals surface area contributed by atoms with E-state index < -0.39 is 12.3 Å². The highest BCUT2D eigenvalue weighted by Gasteiger charge is 2.19. The van der Waals surface area contributed by atoms with E-state index in [1.54, 1.807) is 18.2 Å². The van der Waals surface area contributed by atoms with Crippen LogP contribution >= 0.6 is 0 Å². The Labute approximate surface area is 167 Å². The summed E-state index contributed by atoms with van der Waals surface area (Å²) in [6, 6.07) is 6.03. The van der Waals surface area contributed by atoms with Gasteiger partial charge in [0.1, 0.15) is 18.1 Å². The monoisotopic (exact) mass is 387 g/mol. The van der Waals surface area contributed by atoms with Crippen molar-refractivity contribution >= 4 is 12.7 Å². The van der Waals surface area contributed by atoms with E-state index in [4.69, 9.17) is 4.74 Å². The van der Waals surface area contributed by atoms with Gasteiger partial charge in [-0.25, -0.2) is 4.39 Å². The van der Waals surface area contributed by atoms with Crippen LogP contribution in [0.3, 0.4) is 0 Å². The van der Waals surface area contributed by atoms with Crippen molar-refractivity contribution in [3.05, 3.63) is 72.1 Å². The summed E-state index contributed by atoms with van der Waals surface area (Å²) >= 11 is 0. The lowest BCUT2D eigenvalue weighted by atomic mass is 10.1. The van der Waals surface area contributed by atoms with Crippen molar-refractivity contribution in [3.8, 4) is 0 Å². The molecule has 0 saturated heterocycles. The molecule has 0 spiro atoms. The summed E-state index contributed by atoms with van der Waals surface area (Å²) in [4.78, 5) is 12.5. The van der Waals surface area contributed by atoms with Crippen molar-refractivity contribution < 1.29 is 13.9 Å². The molecule has 1 rings (SSSR count). The first kappa shape index (κ1) is 23.3. The van der Waals surface area contributed by atoms with E-state index in [1.807, 2.05) is 32.1 Å². The van der Waals surface area contributed by atoms with Crippen LogP contribution in [0.15, 0.2) is 65.8 Å². The highest BCUT2D eigenvalue weighted by Crippen LogP contribution is 2.23.